The Morgan fingerprint density at radius 2 is 2.30 bits per heavy atom. The maximum Gasteiger partial charge on any atom is 0.410 e. The van der Waals surface area contributed by atoms with E-state index < -0.39 is 5.60 Å². The van der Waals surface area contributed by atoms with Gasteiger partial charge in [0.25, 0.3) is 0 Å². The Balaban J connectivity index is 1.77. The molecule has 1 amide bonds. The van der Waals surface area contributed by atoms with Crippen molar-refractivity contribution >= 4 is 6.09 Å². The summed E-state index contributed by atoms with van der Waals surface area (Å²) in [7, 11) is 0. The van der Waals surface area contributed by atoms with Crippen LogP contribution in [-0.4, -0.2) is 45.7 Å². The summed E-state index contributed by atoms with van der Waals surface area (Å²) in [5.41, 5.74) is -0.435. The van der Waals surface area contributed by atoms with Gasteiger partial charge in [0, 0.05) is 31.5 Å². The summed E-state index contributed by atoms with van der Waals surface area (Å²) in [4.78, 5) is 21.0. The summed E-state index contributed by atoms with van der Waals surface area (Å²) < 4.78 is 5.33. The zero-order chi connectivity index (χ0) is 14.8. The lowest BCUT2D eigenvalue weighted by Gasteiger charge is -2.41. The fourth-order valence-corrected chi connectivity index (χ4v) is 2.20. The van der Waals surface area contributed by atoms with Crippen LogP contribution in [0.15, 0.2) is 12.4 Å². The van der Waals surface area contributed by atoms with Crippen molar-refractivity contribution in [3.05, 3.63) is 18.2 Å². The molecule has 1 saturated heterocycles. The lowest BCUT2D eigenvalue weighted by Crippen LogP contribution is -2.61. The van der Waals surface area contributed by atoms with Gasteiger partial charge in [-0.3, -0.25) is 0 Å². The second-order valence-electron chi connectivity index (χ2n) is 6.18. The van der Waals surface area contributed by atoms with Crippen LogP contribution in [-0.2, 0) is 4.74 Å². The lowest BCUT2D eigenvalue weighted by molar-refractivity contribution is 0.00399. The largest absolute Gasteiger partial charge is 0.444 e. The summed E-state index contributed by atoms with van der Waals surface area (Å²) in [6, 6.07) is 0.508. The number of hydrogen-bond acceptors (Lipinski definition) is 4. The van der Waals surface area contributed by atoms with Crippen molar-refractivity contribution in [2.75, 3.05) is 13.1 Å². The third-order valence-electron chi connectivity index (χ3n) is 3.23. The second kappa shape index (κ2) is 5.83. The number of imidazole rings is 1. The van der Waals surface area contributed by atoms with Crippen LogP contribution in [0.1, 0.15) is 46.0 Å². The zero-order valence-electron chi connectivity index (χ0n) is 12.6. The first-order valence-corrected chi connectivity index (χ1v) is 7.12. The van der Waals surface area contributed by atoms with Gasteiger partial charge in [0.2, 0.25) is 0 Å². The summed E-state index contributed by atoms with van der Waals surface area (Å²) >= 11 is 0. The molecule has 1 atom stereocenters. The molecule has 2 rings (SSSR count). The lowest BCUT2D eigenvalue weighted by atomic mass is 10.1. The van der Waals surface area contributed by atoms with Gasteiger partial charge in [-0.2, -0.15) is 0 Å². The number of aromatic amines is 1. The van der Waals surface area contributed by atoms with Crippen LogP contribution in [0.5, 0.6) is 0 Å². The summed E-state index contributed by atoms with van der Waals surface area (Å²) in [5.74, 6) is 0.947. The van der Waals surface area contributed by atoms with E-state index in [-0.39, 0.29) is 12.1 Å². The van der Waals surface area contributed by atoms with Crippen LogP contribution < -0.4 is 5.32 Å². The fourth-order valence-electron chi connectivity index (χ4n) is 2.20. The average Bonchev–Trinajstić information content (AvgIpc) is 2.78. The smallest absolute Gasteiger partial charge is 0.410 e. The number of aromatic nitrogens is 2. The minimum absolute atomic E-state index is 0.204. The molecule has 2 N–H and O–H groups in total. The van der Waals surface area contributed by atoms with Crippen molar-refractivity contribution in [2.45, 2.75) is 51.8 Å². The number of ether oxygens (including phenoxy) is 1. The molecule has 2 heterocycles. The zero-order valence-corrected chi connectivity index (χ0v) is 12.6. The van der Waals surface area contributed by atoms with Crippen LogP contribution in [0.3, 0.4) is 0 Å². The summed E-state index contributed by atoms with van der Waals surface area (Å²) in [6.07, 6.45) is 4.30. The van der Waals surface area contributed by atoms with Gasteiger partial charge >= 0.3 is 6.09 Å². The molecule has 1 aliphatic rings. The molecule has 1 aliphatic heterocycles. The fraction of sp³-hybridized carbons (Fsp3) is 0.714. The molecule has 1 aromatic heterocycles. The molecule has 0 radical (unpaired) electrons. The van der Waals surface area contributed by atoms with Gasteiger partial charge in [0.15, 0.2) is 0 Å². The Bertz CT molecular complexity index is 433. The van der Waals surface area contributed by atoms with Crippen molar-refractivity contribution < 1.29 is 9.53 Å². The van der Waals surface area contributed by atoms with Gasteiger partial charge in [-0.15, -0.1) is 0 Å². The number of hydrogen-bond donors (Lipinski definition) is 2. The Morgan fingerprint density at radius 3 is 2.80 bits per heavy atom. The van der Waals surface area contributed by atoms with Gasteiger partial charge in [-0.05, 0) is 27.2 Å². The van der Waals surface area contributed by atoms with Gasteiger partial charge in [0.1, 0.15) is 11.4 Å². The maximum atomic E-state index is 11.8. The first kappa shape index (κ1) is 14.8. The van der Waals surface area contributed by atoms with E-state index in [9.17, 15) is 4.79 Å². The highest BCUT2D eigenvalue weighted by atomic mass is 16.6. The van der Waals surface area contributed by atoms with E-state index in [1.165, 1.54) is 0 Å². The van der Waals surface area contributed by atoms with Gasteiger partial charge in [-0.1, -0.05) is 6.92 Å². The molecule has 6 heteroatoms. The molecule has 0 spiro atoms. The second-order valence-corrected chi connectivity index (χ2v) is 6.18. The van der Waals surface area contributed by atoms with E-state index in [0.717, 1.165) is 12.2 Å². The summed E-state index contributed by atoms with van der Waals surface area (Å²) in [6.45, 7) is 9.13. The van der Waals surface area contributed by atoms with Crippen molar-refractivity contribution in [3.63, 3.8) is 0 Å². The summed E-state index contributed by atoms with van der Waals surface area (Å²) in [5, 5.41) is 3.51. The number of H-pyrrole nitrogens is 1. The molecule has 6 nitrogen and oxygen atoms in total. The topological polar surface area (TPSA) is 70.2 Å². The van der Waals surface area contributed by atoms with E-state index in [2.05, 4.69) is 22.2 Å². The monoisotopic (exact) mass is 280 g/mol. The molecule has 0 saturated carbocycles. The molecule has 0 aliphatic carbocycles. The Kier molecular flexibility index (Phi) is 4.32. The number of nitrogens with zero attached hydrogens (tertiary/aromatic N) is 2. The molecule has 1 aromatic rings. The Morgan fingerprint density at radius 1 is 1.60 bits per heavy atom. The van der Waals surface area contributed by atoms with E-state index in [1.807, 2.05) is 27.0 Å². The minimum atomic E-state index is -0.435. The average molecular weight is 280 g/mol. The predicted molar refractivity (Wildman–Crippen MR) is 76.4 cm³/mol. The van der Waals surface area contributed by atoms with Gasteiger partial charge in [-0.25, -0.2) is 9.78 Å². The standard InChI is InChI=1S/C14H24N4O2/c1-5-11(12-15-6-7-16-12)17-10-8-18(9-10)13(19)20-14(2,3)4/h6-7,10-11,17H,5,8-9H2,1-4H3,(H,15,16). The Hall–Kier alpha value is -1.56. The molecular formula is C14H24N4O2. The van der Waals surface area contributed by atoms with E-state index >= 15 is 0 Å². The maximum absolute atomic E-state index is 11.8. The number of amides is 1. The number of rotatable bonds is 4. The third kappa shape index (κ3) is 3.72. The highest BCUT2D eigenvalue weighted by Gasteiger charge is 2.34. The number of carbonyl (C=O) groups is 1. The van der Waals surface area contributed by atoms with Crippen LogP contribution in [0.25, 0.3) is 0 Å². The van der Waals surface area contributed by atoms with Crippen molar-refractivity contribution in [1.82, 2.24) is 20.2 Å². The number of nitrogens with one attached hydrogen (secondary N) is 2. The van der Waals surface area contributed by atoms with Crippen LogP contribution >= 0.6 is 0 Å². The molecule has 0 aromatic carbocycles. The van der Waals surface area contributed by atoms with Gasteiger partial charge in [0.05, 0.1) is 6.04 Å². The number of likely N-dealkylation sites (tertiary alicyclic amines) is 1. The highest BCUT2D eigenvalue weighted by molar-refractivity contribution is 5.69. The molecule has 1 unspecified atom stereocenters. The molecule has 0 bridgehead atoms. The molecular weight excluding hydrogens is 256 g/mol. The SMILES string of the molecule is CCC(NC1CN(C(=O)OC(C)(C)C)C1)c1ncc[nH]1. The molecule has 112 valence electrons. The van der Waals surface area contributed by atoms with Crippen LogP contribution in [0, 0.1) is 0 Å². The first-order valence-electron chi connectivity index (χ1n) is 7.12. The Labute approximate surface area is 119 Å². The minimum Gasteiger partial charge on any atom is -0.444 e. The number of carbonyl (C=O) groups excluding carboxylic acids is 1. The quantitative estimate of drug-likeness (QED) is 0.885. The highest BCUT2D eigenvalue weighted by Crippen LogP contribution is 2.19. The van der Waals surface area contributed by atoms with E-state index in [4.69, 9.17) is 4.74 Å². The third-order valence-corrected chi connectivity index (χ3v) is 3.23. The van der Waals surface area contributed by atoms with Crippen molar-refractivity contribution in [1.29, 1.82) is 0 Å². The predicted octanol–water partition coefficient (Wildman–Crippen LogP) is 2.07. The first-order chi connectivity index (χ1) is 9.39. The normalized spacial score (nSPS) is 17.7. The molecule has 20 heavy (non-hydrogen) atoms. The van der Waals surface area contributed by atoms with Crippen molar-refractivity contribution in [2.24, 2.45) is 0 Å². The van der Waals surface area contributed by atoms with Crippen molar-refractivity contribution in [3.8, 4) is 0 Å². The van der Waals surface area contributed by atoms with E-state index in [0.29, 0.717) is 19.1 Å². The van der Waals surface area contributed by atoms with Crippen LogP contribution in [0.4, 0.5) is 4.79 Å². The van der Waals surface area contributed by atoms with Gasteiger partial charge < -0.3 is 19.9 Å². The van der Waals surface area contributed by atoms with Crippen LogP contribution in [0.2, 0.25) is 0 Å². The molecule has 1 fully saturated rings. The van der Waals surface area contributed by atoms with E-state index in [1.54, 1.807) is 11.1 Å².